The fourth-order valence-electron chi connectivity index (χ4n) is 2.80. The van der Waals surface area contributed by atoms with E-state index in [1.54, 1.807) is 29.2 Å². The number of carboxylic acids is 1. The molecule has 1 aliphatic carbocycles. The molecular weight excluding hydrogens is 342 g/mol. The average molecular weight is 355 g/mol. The molecule has 3 aromatic rings. The van der Waals surface area contributed by atoms with Gasteiger partial charge in [-0.05, 0) is 25.0 Å². The summed E-state index contributed by atoms with van der Waals surface area (Å²) in [6.07, 6.45) is 2.58. The van der Waals surface area contributed by atoms with E-state index in [1.165, 1.54) is 6.07 Å². The maximum atomic E-state index is 13.4. The van der Waals surface area contributed by atoms with Crippen molar-refractivity contribution in [2.75, 3.05) is 0 Å². The number of carbonyl (C=O) groups is 1. The molecule has 1 fully saturated rings. The molecule has 0 bridgehead atoms. The highest BCUT2D eigenvalue weighted by atomic mass is 35.5. The van der Waals surface area contributed by atoms with Gasteiger partial charge in [-0.25, -0.2) is 18.6 Å². The average Bonchev–Trinajstić information content (AvgIpc) is 3.11. The third-order valence-electron chi connectivity index (χ3n) is 4.02. The molecule has 0 amide bonds. The van der Waals surface area contributed by atoms with E-state index >= 15 is 0 Å². The van der Waals surface area contributed by atoms with Crippen LogP contribution in [0.15, 0.2) is 35.1 Å². The molecule has 5 nitrogen and oxygen atoms in total. The second kappa shape index (κ2) is 5.90. The molecule has 4 rings (SSSR count). The van der Waals surface area contributed by atoms with Gasteiger partial charge in [-0.3, -0.25) is 0 Å². The zero-order chi connectivity index (χ0) is 16.1. The Morgan fingerprint density at radius 2 is 2.12 bits per heavy atom. The number of fused-ring (bicyclic) bond motifs is 1. The van der Waals surface area contributed by atoms with Gasteiger partial charge in [-0.15, -0.1) is 12.4 Å². The van der Waals surface area contributed by atoms with Crippen LogP contribution in [0.1, 0.15) is 47.0 Å². The normalized spacial score (nSPS) is 14.1. The molecule has 0 spiro atoms. The molecule has 126 valence electrons. The van der Waals surface area contributed by atoms with Crippen LogP contribution in [-0.4, -0.2) is 20.6 Å². The highest BCUT2D eigenvalue weighted by molar-refractivity contribution is 5.99. The van der Waals surface area contributed by atoms with Crippen molar-refractivity contribution in [3.63, 3.8) is 0 Å². The number of imidazole rings is 1. The van der Waals surface area contributed by atoms with E-state index in [0.717, 1.165) is 18.5 Å². The smallest absolute Gasteiger partial charge is 0.372 e. The van der Waals surface area contributed by atoms with E-state index in [1.807, 2.05) is 0 Å². The summed E-state index contributed by atoms with van der Waals surface area (Å²) in [7, 11) is 0. The Labute approximate surface area is 141 Å². The van der Waals surface area contributed by atoms with Crippen molar-refractivity contribution in [2.24, 2.45) is 0 Å². The number of benzene rings is 1. The van der Waals surface area contributed by atoms with Crippen LogP contribution in [0.4, 0.5) is 8.78 Å². The molecule has 24 heavy (non-hydrogen) atoms. The lowest BCUT2D eigenvalue weighted by atomic mass is 10.1. The van der Waals surface area contributed by atoms with Gasteiger partial charge >= 0.3 is 5.97 Å². The van der Waals surface area contributed by atoms with E-state index in [0.29, 0.717) is 11.6 Å². The fourth-order valence-corrected chi connectivity index (χ4v) is 2.80. The van der Waals surface area contributed by atoms with Gasteiger partial charge in [-0.1, -0.05) is 6.07 Å². The molecule has 1 aliphatic rings. The molecule has 0 atom stereocenters. The van der Waals surface area contributed by atoms with Gasteiger partial charge in [0.1, 0.15) is 5.58 Å². The zero-order valence-electron chi connectivity index (χ0n) is 12.3. The van der Waals surface area contributed by atoms with Gasteiger partial charge in [0.25, 0.3) is 6.43 Å². The highest BCUT2D eigenvalue weighted by Crippen LogP contribution is 2.40. The summed E-state index contributed by atoms with van der Waals surface area (Å²) in [6.45, 7) is 0. The summed E-state index contributed by atoms with van der Waals surface area (Å²) in [6, 6.07) is 4.77. The molecule has 0 radical (unpaired) electrons. The number of aromatic nitrogens is 2. The molecule has 1 saturated carbocycles. The van der Waals surface area contributed by atoms with Crippen molar-refractivity contribution >= 4 is 29.3 Å². The number of halogens is 3. The van der Waals surface area contributed by atoms with Crippen LogP contribution in [0.2, 0.25) is 0 Å². The number of aromatic carboxylic acids is 1. The van der Waals surface area contributed by atoms with E-state index in [2.05, 4.69) is 4.98 Å². The quantitative estimate of drug-likeness (QED) is 0.746. The first-order valence-electron chi connectivity index (χ1n) is 7.17. The zero-order valence-corrected chi connectivity index (χ0v) is 13.1. The van der Waals surface area contributed by atoms with E-state index < -0.39 is 23.7 Å². The Kier molecular flexibility index (Phi) is 4.04. The molecule has 0 unspecified atom stereocenters. The largest absolute Gasteiger partial charge is 0.475 e. The number of hydrogen-bond donors (Lipinski definition) is 1. The molecular formula is C16H13ClF2N2O3. The second-order valence-electron chi connectivity index (χ2n) is 5.58. The second-order valence-corrected chi connectivity index (χ2v) is 5.58. The standard InChI is InChI=1S/C16H12F2N2O3.ClH/c17-15(18)13-12-10(20-6-9(19-7-20)8-4-5-8)2-1-3-11(12)23-14(13)16(21)22;/h1-3,6-8,15H,4-5H2,(H,21,22);1H. The topological polar surface area (TPSA) is 68.3 Å². The van der Waals surface area contributed by atoms with Crippen LogP contribution < -0.4 is 0 Å². The lowest BCUT2D eigenvalue weighted by Crippen LogP contribution is -2.00. The van der Waals surface area contributed by atoms with Gasteiger partial charge in [-0.2, -0.15) is 0 Å². The Balaban J connectivity index is 0.00000169. The molecule has 1 aromatic carbocycles. The first-order chi connectivity index (χ1) is 11.1. The Morgan fingerprint density at radius 1 is 1.38 bits per heavy atom. The Bertz CT molecular complexity index is 915. The molecule has 0 aliphatic heterocycles. The predicted octanol–water partition coefficient (Wildman–Crippen LogP) is 4.55. The minimum atomic E-state index is -2.95. The van der Waals surface area contributed by atoms with Crippen molar-refractivity contribution in [3.8, 4) is 5.69 Å². The molecule has 1 N–H and O–H groups in total. The monoisotopic (exact) mass is 354 g/mol. The number of carboxylic acid groups (broad SMARTS) is 1. The fraction of sp³-hybridized carbons (Fsp3) is 0.250. The van der Waals surface area contributed by atoms with Crippen LogP contribution >= 0.6 is 12.4 Å². The van der Waals surface area contributed by atoms with Gasteiger partial charge in [0.2, 0.25) is 5.76 Å². The molecule has 2 heterocycles. The summed E-state index contributed by atoms with van der Waals surface area (Å²) in [5, 5.41) is 9.23. The third-order valence-corrected chi connectivity index (χ3v) is 4.02. The number of hydrogen-bond acceptors (Lipinski definition) is 3. The van der Waals surface area contributed by atoms with Crippen molar-refractivity contribution in [3.05, 3.63) is 47.7 Å². The lowest BCUT2D eigenvalue weighted by Gasteiger charge is -2.05. The Hall–Kier alpha value is -2.41. The minimum absolute atomic E-state index is 0. The highest BCUT2D eigenvalue weighted by Gasteiger charge is 2.29. The summed E-state index contributed by atoms with van der Waals surface area (Å²) in [4.78, 5) is 15.5. The lowest BCUT2D eigenvalue weighted by molar-refractivity contribution is 0.0649. The summed E-state index contributed by atoms with van der Waals surface area (Å²) in [5.41, 5.74) is 0.887. The van der Waals surface area contributed by atoms with Gasteiger partial charge in [0, 0.05) is 12.1 Å². The molecule has 0 saturated heterocycles. The van der Waals surface area contributed by atoms with Crippen LogP contribution in [-0.2, 0) is 0 Å². The van der Waals surface area contributed by atoms with Crippen molar-refractivity contribution in [1.82, 2.24) is 9.55 Å². The van der Waals surface area contributed by atoms with Crippen molar-refractivity contribution in [2.45, 2.75) is 25.2 Å². The summed E-state index contributed by atoms with van der Waals surface area (Å²) >= 11 is 0. The molecule has 8 heteroatoms. The number of rotatable bonds is 4. The predicted molar refractivity (Wildman–Crippen MR) is 84.5 cm³/mol. The van der Waals surface area contributed by atoms with Crippen LogP contribution in [0, 0.1) is 0 Å². The number of furan rings is 1. The van der Waals surface area contributed by atoms with Crippen LogP contribution in [0.5, 0.6) is 0 Å². The maximum absolute atomic E-state index is 13.4. The van der Waals surface area contributed by atoms with Gasteiger partial charge in [0.05, 0.1) is 28.7 Å². The number of alkyl halides is 2. The van der Waals surface area contributed by atoms with Crippen molar-refractivity contribution < 1.29 is 23.1 Å². The van der Waals surface area contributed by atoms with Gasteiger partial charge < -0.3 is 14.1 Å². The van der Waals surface area contributed by atoms with E-state index in [4.69, 9.17) is 9.52 Å². The number of nitrogens with zero attached hydrogens (tertiary/aromatic N) is 2. The molecule has 2 aromatic heterocycles. The van der Waals surface area contributed by atoms with Crippen molar-refractivity contribution in [1.29, 1.82) is 0 Å². The SMILES string of the molecule is Cl.O=C(O)c1oc2cccc(-n3cnc(C4CC4)c3)c2c1C(F)F. The van der Waals surface area contributed by atoms with Crippen LogP contribution in [0.25, 0.3) is 16.7 Å². The van der Waals surface area contributed by atoms with E-state index in [-0.39, 0.29) is 23.4 Å². The Morgan fingerprint density at radius 3 is 2.75 bits per heavy atom. The van der Waals surface area contributed by atoms with Crippen LogP contribution in [0.3, 0.4) is 0 Å². The van der Waals surface area contributed by atoms with Gasteiger partial charge in [0.15, 0.2) is 0 Å². The first-order valence-corrected chi connectivity index (χ1v) is 7.17. The summed E-state index contributed by atoms with van der Waals surface area (Å²) in [5.74, 6) is -1.79. The summed E-state index contributed by atoms with van der Waals surface area (Å²) < 4.78 is 33.7. The third kappa shape index (κ3) is 2.54. The minimum Gasteiger partial charge on any atom is -0.475 e. The van der Waals surface area contributed by atoms with E-state index in [9.17, 15) is 13.6 Å². The first kappa shape index (κ1) is 16.4. The maximum Gasteiger partial charge on any atom is 0.372 e.